The quantitative estimate of drug-likeness (QED) is 0.628. The maximum atomic E-state index is 15.7. The number of aliphatic hydroxyl groups is 1. The van der Waals surface area contributed by atoms with Gasteiger partial charge in [-0.15, -0.1) is 0 Å². The molecule has 4 N–H and O–H groups in total. The van der Waals surface area contributed by atoms with E-state index in [4.69, 9.17) is 4.74 Å². The number of aromatic nitrogens is 2. The second-order valence-electron chi connectivity index (χ2n) is 7.39. The molecule has 1 aromatic heterocycles. The van der Waals surface area contributed by atoms with E-state index in [1.54, 1.807) is 13.1 Å². The van der Waals surface area contributed by atoms with E-state index < -0.39 is 11.9 Å². The van der Waals surface area contributed by atoms with Crippen LogP contribution in [0.15, 0.2) is 18.2 Å². The number of nitrogens with zero attached hydrogens (tertiary/aromatic N) is 2. The number of rotatable bonds is 4. The molecule has 0 bridgehead atoms. The van der Waals surface area contributed by atoms with Crippen molar-refractivity contribution in [3.8, 4) is 5.75 Å². The van der Waals surface area contributed by atoms with Crippen molar-refractivity contribution in [1.82, 2.24) is 15.3 Å². The first-order valence-electron chi connectivity index (χ1n) is 9.92. The number of hydrogen-bond donors (Lipinski definition) is 4. The fraction of sp³-hybridized carbons (Fsp3) is 0.429. The highest BCUT2D eigenvalue weighted by atomic mass is 19.1. The minimum atomic E-state index is -0.572. The van der Waals surface area contributed by atoms with Crippen molar-refractivity contribution in [2.75, 3.05) is 37.4 Å². The van der Waals surface area contributed by atoms with Crippen LogP contribution in [0.3, 0.4) is 0 Å². The van der Waals surface area contributed by atoms with Crippen LogP contribution in [0.25, 0.3) is 5.57 Å². The Balaban J connectivity index is 1.79. The lowest BCUT2D eigenvalue weighted by atomic mass is 9.93. The van der Waals surface area contributed by atoms with E-state index in [-0.39, 0.29) is 0 Å². The number of aryl methyl sites for hydroxylation is 2. The molecule has 154 valence electrons. The number of fused-ring (bicyclic) bond motifs is 1. The first-order chi connectivity index (χ1) is 14.0. The number of anilines is 3. The second kappa shape index (κ2) is 8.34. The number of ether oxygens (including phenoxy) is 1. The van der Waals surface area contributed by atoms with Crippen LogP contribution in [-0.4, -0.2) is 47.9 Å². The van der Waals surface area contributed by atoms with Crippen molar-refractivity contribution in [3.05, 3.63) is 40.8 Å². The fourth-order valence-corrected chi connectivity index (χ4v) is 3.79. The van der Waals surface area contributed by atoms with Gasteiger partial charge in [0.1, 0.15) is 11.6 Å². The van der Waals surface area contributed by atoms with Gasteiger partial charge in [0, 0.05) is 38.3 Å². The van der Waals surface area contributed by atoms with Crippen molar-refractivity contribution in [2.45, 2.75) is 32.3 Å². The summed E-state index contributed by atoms with van der Waals surface area (Å²) in [7, 11) is 1.78. The molecule has 0 radical (unpaired) electrons. The molecule has 0 saturated heterocycles. The third kappa shape index (κ3) is 4.18. The Kier molecular flexibility index (Phi) is 5.64. The summed E-state index contributed by atoms with van der Waals surface area (Å²) in [5.41, 5.74) is 3.21. The molecule has 0 saturated carbocycles. The maximum Gasteiger partial charge on any atom is 0.229 e. The van der Waals surface area contributed by atoms with Crippen LogP contribution >= 0.6 is 0 Å². The lowest BCUT2D eigenvalue weighted by Crippen LogP contribution is -2.24. The molecule has 0 unspecified atom stereocenters. The van der Waals surface area contributed by atoms with Crippen LogP contribution in [0.5, 0.6) is 5.75 Å². The molecule has 2 aromatic rings. The summed E-state index contributed by atoms with van der Waals surface area (Å²) in [6.45, 7) is 3.48. The molecule has 2 aliphatic heterocycles. The van der Waals surface area contributed by atoms with Crippen molar-refractivity contribution in [1.29, 1.82) is 0 Å². The maximum absolute atomic E-state index is 15.7. The average molecular weight is 399 g/mol. The Morgan fingerprint density at radius 3 is 3.00 bits per heavy atom. The average Bonchev–Trinajstić information content (AvgIpc) is 2.92. The van der Waals surface area contributed by atoms with Crippen LogP contribution in [0.2, 0.25) is 0 Å². The molecule has 2 aliphatic rings. The van der Waals surface area contributed by atoms with E-state index in [0.29, 0.717) is 54.9 Å². The third-order valence-electron chi connectivity index (χ3n) is 5.14. The standard InChI is InChI=1S/C21H26FN5O2/c1-12-8-17(23-2)27-21(25-12)26-16-10-14-4-3-7-29-20(14)18(19(16)22)13-5-6-24-11-15(28)9-13/h5,8,10,15,24,28H,3-4,6-7,9,11H2,1-2H3,(H2,23,25,26,27)/t15-/m1/s1. The molecule has 0 aliphatic carbocycles. The number of nitrogens with one attached hydrogen (secondary N) is 3. The number of β-amino-alcohol motifs (C(OH)–C–C–N with tert-alkyl or cyclic N) is 1. The summed E-state index contributed by atoms with van der Waals surface area (Å²) < 4.78 is 21.6. The first kappa shape index (κ1) is 19.6. The summed E-state index contributed by atoms with van der Waals surface area (Å²) in [6.07, 6.45) is 3.41. The Labute approximate surface area is 169 Å². The predicted molar refractivity (Wildman–Crippen MR) is 111 cm³/mol. The van der Waals surface area contributed by atoms with Gasteiger partial charge in [0.15, 0.2) is 5.82 Å². The molecule has 0 fully saturated rings. The molecule has 0 amide bonds. The summed E-state index contributed by atoms with van der Waals surface area (Å²) in [4.78, 5) is 8.75. The van der Waals surface area contributed by atoms with Gasteiger partial charge in [-0.1, -0.05) is 6.08 Å². The van der Waals surface area contributed by atoms with Crippen LogP contribution < -0.4 is 20.7 Å². The molecule has 4 rings (SSSR count). The van der Waals surface area contributed by atoms with E-state index in [1.807, 2.05) is 19.1 Å². The van der Waals surface area contributed by atoms with Crippen molar-refractivity contribution < 1.29 is 14.2 Å². The molecule has 29 heavy (non-hydrogen) atoms. The van der Waals surface area contributed by atoms with Crippen LogP contribution in [-0.2, 0) is 6.42 Å². The Morgan fingerprint density at radius 2 is 2.17 bits per heavy atom. The monoisotopic (exact) mass is 399 g/mol. The van der Waals surface area contributed by atoms with Gasteiger partial charge in [0.25, 0.3) is 0 Å². The number of hydrogen-bond acceptors (Lipinski definition) is 7. The number of benzene rings is 1. The van der Waals surface area contributed by atoms with E-state index in [2.05, 4.69) is 25.9 Å². The zero-order chi connectivity index (χ0) is 20.4. The zero-order valence-corrected chi connectivity index (χ0v) is 16.7. The van der Waals surface area contributed by atoms with Crippen molar-refractivity contribution in [3.63, 3.8) is 0 Å². The van der Waals surface area contributed by atoms with Gasteiger partial charge in [-0.2, -0.15) is 4.98 Å². The topological polar surface area (TPSA) is 91.3 Å². The highest BCUT2D eigenvalue weighted by Crippen LogP contribution is 2.41. The lowest BCUT2D eigenvalue weighted by molar-refractivity contribution is 0.180. The second-order valence-corrected chi connectivity index (χ2v) is 7.39. The van der Waals surface area contributed by atoms with E-state index in [0.717, 1.165) is 29.7 Å². The Bertz CT molecular complexity index is 947. The minimum Gasteiger partial charge on any atom is -0.493 e. The van der Waals surface area contributed by atoms with Gasteiger partial charge in [-0.3, -0.25) is 0 Å². The minimum absolute atomic E-state index is 0.310. The molecule has 3 heterocycles. The zero-order valence-electron chi connectivity index (χ0n) is 16.7. The molecule has 7 nitrogen and oxygen atoms in total. The van der Waals surface area contributed by atoms with Gasteiger partial charge in [-0.25, -0.2) is 9.37 Å². The van der Waals surface area contributed by atoms with Crippen molar-refractivity contribution >= 4 is 23.0 Å². The number of halogens is 1. The molecule has 0 spiro atoms. The van der Waals surface area contributed by atoms with Gasteiger partial charge in [-0.05, 0) is 37.0 Å². The summed E-state index contributed by atoms with van der Waals surface area (Å²) in [5, 5.41) is 19.4. The van der Waals surface area contributed by atoms with Crippen LogP contribution in [0.4, 0.5) is 21.8 Å². The largest absolute Gasteiger partial charge is 0.493 e. The summed E-state index contributed by atoms with van der Waals surface area (Å²) in [5.74, 6) is 1.15. The molecule has 8 heteroatoms. The van der Waals surface area contributed by atoms with Gasteiger partial charge >= 0.3 is 0 Å². The Hall–Kier alpha value is -2.71. The summed E-state index contributed by atoms with van der Waals surface area (Å²) in [6, 6.07) is 3.60. The SMILES string of the molecule is CNc1cc(C)nc(Nc2cc3c(c(C4=CCNC[C@H](O)C4)c2F)OCCC3)n1. The third-order valence-corrected chi connectivity index (χ3v) is 5.14. The van der Waals surface area contributed by atoms with E-state index >= 15 is 4.39 Å². The highest BCUT2D eigenvalue weighted by molar-refractivity contribution is 5.78. The van der Waals surface area contributed by atoms with Crippen LogP contribution in [0.1, 0.15) is 29.7 Å². The van der Waals surface area contributed by atoms with Gasteiger partial charge in [0.05, 0.1) is 24.0 Å². The van der Waals surface area contributed by atoms with E-state index in [9.17, 15) is 5.11 Å². The molecular formula is C21H26FN5O2. The van der Waals surface area contributed by atoms with Crippen molar-refractivity contribution in [2.24, 2.45) is 0 Å². The van der Waals surface area contributed by atoms with E-state index in [1.165, 1.54) is 0 Å². The first-order valence-corrected chi connectivity index (χ1v) is 9.92. The molecule has 1 atom stereocenters. The molecule has 1 aromatic carbocycles. The normalized spacial score (nSPS) is 18.9. The van der Waals surface area contributed by atoms with Crippen LogP contribution in [0, 0.1) is 12.7 Å². The predicted octanol–water partition coefficient (Wildman–Crippen LogP) is 2.77. The lowest BCUT2D eigenvalue weighted by Gasteiger charge is -2.24. The number of aliphatic hydroxyl groups excluding tert-OH is 1. The van der Waals surface area contributed by atoms with Gasteiger partial charge < -0.3 is 25.8 Å². The van der Waals surface area contributed by atoms with Gasteiger partial charge in [0.2, 0.25) is 5.95 Å². The Morgan fingerprint density at radius 1 is 1.31 bits per heavy atom. The molecular weight excluding hydrogens is 373 g/mol. The smallest absolute Gasteiger partial charge is 0.229 e. The fourth-order valence-electron chi connectivity index (χ4n) is 3.79. The highest BCUT2D eigenvalue weighted by Gasteiger charge is 2.26. The summed E-state index contributed by atoms with van der Waals surface area (Å²) >= 11 is 0.